The van der Waals surface area contributed by atoms with Crippen molar-refractivity contribution in [3.8, 4) is 5.75 Å². The maximum absolute atomic E-state index is 6.08. The zero-order chi connectivity index (χ0) is 13.0. The Morgan fingerprint density at radius 3 is 2.61 bits per heavy atom. The fraction of sp³-hybridized carbons (Fsp3) is 0.667. The number of anilines is 1. The van der Waals surface area contributed by atoms with Gasteiger partial charge in [-0.15, -0.1) is 0 Å². The summed E-state index contributed by atoms with van der Waals surface area (Å²) in [7, 11) is 0. The topological polar surface area (TPSA) is 34.2 Å². The molecule has 1 fully saturated rings. The van der Waals surface area contributed by atoms with Crippen molar-refractivity contribution in [1.82, 2.24) is 4.98 Å². The predicted octanol–water partition coefficient (Wildman–Crippen LogP) is 3.72. The normalized spacial score (nSPS) is 27.8. The fourth-order valence-corrected chi connectivity index (χ4v) is 2.95. The number of aromatic nitrogens is 1. The lowest BCUT2D eigenvalue weighted by Gasteiger charge is -2.31. The highest BCUT2D eigenvalue weighted by Crippen LogP contribution is 2.31. The molecular formula is C15H24N2O. The zero-order valence-corrected chi connectivity index (χ0v) is 11.6. The summed E-state index contributed by atoms with van der Waals surface area (Å²) in [5.41, 5.74) is 1.03. The van der Waals surface area contributed by atoms with Crippen molar-refractivity contribution in [2.75, 3.05) is 11.9 Å². The highest BCUT2D eigenvalue weighted by atomic mass is 16.5. The number of hydrogen-bond donors (Lipinski definition) is 1. The minimum Gasteiger partial charge on any atom is -0.489 e. The molecule has 1 aliphatic rings. The predicted molar refractivity (Wildman–Crippen MR) is 75.0 cm³/mol. The van der Waals surface area contributed by atoms with Gasteiger partial charge in [0.1, 0.15) is 5.75 Å². The molecule has 0 amide bonds. The Morgan fingerprint density at radius 2 is 1.94 bits per heavy atom. The molecule has 0 spiro atoms. The van der Waals surface area contributed by atoms with Gasteiger partial charge in [0.15, 0.2) is 0 Å². The molecule has 1 N–H and O–H groups in total. The van der Waals surface area contributed by atoms with Crippen LogP contribution in [0.2, 0.25) is 0 Å². The van der Waals surface area contributed by atoms with Crippen molar-refractivity contribution in [1.29, 1.82) is 0 Å². The van der Waals surface area contributed by atoms with Crippen molar-refractivity contribution in [2.45, 2.75) is 46.1 Å². The Balaban J connectivity index is 1.97. The zero-order valence-electron chi connectivity index (χ0n) is 11.6. The maximum Gasteiger partial charge on any atom is 0.140 e. The van der Waals surface area contributed by atoms with Gasteiger partial charge in [0.05, 0.1) is 24.2 Å². The van der Waals surface area contributed by atoms with E-state index in [1.165, 1.54) is 6.42 Å². The van der Waals surface area contributed by atoms with Gasteiger partial charge in [0, 0.05) is 12.6 Å². The minimum absolute atomic E-state index is 0.349. The Kier molecular flexibility index (Phi) is 4.45. The summed E-state index contributed by atoms with van der Waals surface area (Å²) in [5, 5.41) is 3.26. The molecule has 1 heterocycles. The van der Waals surface area contributed by atoms with Crippen LogP contribution < -0.4 is 10.1 Å². The largest absolute Gasteiger partial charge is 0.489 e. The summed E-state index contributed by atoms with van der Waals surface area (Å²) in [5.74, 6) is 2.42. The Morgan fingerprint density at radius 1 is 1.22 bits per heavy atom. The molecular weight excluding hydrogens is 224 g/mol. The van der Waals surface area contributed by atoms with E-state index in [-0.39, 0.29) is 0 Å². The Hall–Kier alpha value is -1.25. The average Bonchev–Trinajstić information content (AvgIpc) is 2.28. The number of nitrogens with zero attached hydrogens (tertiary/aromatic N) is 1. The average molecular weight is 248 g/mol. The van der Waals surface area contributed by atoms with Gasteiger partial charge in [-0.1, -0.05) is 13.8 Å². The minimum atomic E-state index is 0.349. The first kappa shape index (κ1) is 13.2. The molecule has 2 rings (SSSR count). The van der Waals surface area contributed by atoms with E-state index in [0.717, 1.165) is 42.7 Å². The number of nitrogens with one attached hydrogen (secondary N) is 1. The van der Waals surface area contributed by atoms with Gasteiger partial charge in [-0.3, -0.25) is 4.98 Å². The standard InChI is InChI=1S/C15H24N2O/c1-4-17-13-8-15(10-16-9-13)18-14-6-11(2)5-12(3)7-14/h8-12,14,17H,4-7H2,1-3H3. The van der Waals surface area contributed by atoms with Crippen molar-refractivity contribution in [3.63, 3.8) is 0 Å². The highest BCUT2D eigenvalue weighted by molar-refractivity contribution is 5.44. The molecule has 1 aliphatic carbocycles. The van der Waals surface area contributed by atoms with Crippen molar-refractivity contribution >= 4 is 5.69 Å². The molecule has 0 saturated heterocycles. The van der Waals surface area contributed by atoms with E-state index in [9.17, 15) is 0 Å². The second kappa shape index (κ2) is 6.07. The van der Waals surface area contributed by atoms with E-state index in [1.54, 1.807) is 0 Å². The molecule has 0 bridgehead atoms. The molecule has 2 atom stereocenters. The van der Waals surface area contributed by atoms with Crippen LogP contribution in [0.25, 0.3) is 0 Å². The van der Waals surface area contributed by atoms with Gasteiger partial charge in [0.2, 0.25) is 0 Å². The fourth-order valence-electron chi connectivity index (χ4n) is 2.95. The van der Waals surface area contributed by atoms with Crippen LogP contribution in [0.1, 0.15) is 40.0 Å². The van der Waals surface area contributed by atoms with Gasteiger partial charge in [-0.05, 0) is 38.0 Å². The monoisotopic (exact) mass is 248 g/mol. The first-order valence-electron chi connectivity index (χ1n) is 7.03. The van der Waals surface area contributed by atoms with E-state index in [0.29, 0.717) is 6.10 Å². The quantitative estimate of drug-likeness (QED) is 0.882. The molecule has 3 nitrogen and oxygen atoms in total. The van der Waals surface area contributed by atoms with Gasteiger partial charge < -0.3 is 10.1 Å². The summed E-state index contributed by atoms with van der Waals surface area (Å²) in [6.45, 7) is 7.62. The SMILES string of the molecule is CCNc1cncc(OC2CC(C)CC(C)C2)c1. The van der Waals surface area contributed by atoms with Crippen molar-refractivity contribution in [3.05, 3.63) is 18.5 Å². The van der Waals surface area contributed by atoms with Gasteiger partial charge >= 0.3 is 0 Å². The van der Waals surface area contributed by atoms with Crippen LogP contribution in [-0.2, 0) is 0 Å². The van der Waals surface area contributed by atoms with Gasteiger partial charge in [-0.25, -0.2) is 0 Å². The Bertz CT molecular complexity index is 371. The molecule has 3 heteroatoms. The van der Waals surface area contributed by atoms with E-state index >= 15 is 0 Å². The summed E-state index contributed by atoms with van der Waals surface area (Å²) in [4.78, 5) is 4.22. The van der Waals surface area contributed by atoms with Gasteiger partial charge in [0.25, 0.3) is 0 Å². The maximum atomic E-state index is 6.08. The van der Waals surface area contributed by atoms with E-state index in [4.69, 9.17) is 4.74 Å². The van der Waals surface area contributed by atoms with E-state index in [2.05, 4.69) is 31.1 Å². The molecule has 1 saturated carbocycles. The lowest BCUT2D eigenvalue weighted by atomic mass is 9.82. The second-order valence-corrected chi connectivity index (χ2v) is 5.60. The summed E-state index contributed by atoms with van der Waals surface area (Å²) in [6, 6.07) is 2.04. The van der Waals surface area contributed by atoms with Crippen LogP contribution in [-0.4, -0.2) is 17.6 Å². The van der Waals surface area contributed by atoms with Crippen LogP contribution in [0.4, 0.5) is 5.69 Å². The van der Waals surface area contributed by atoms with Gasteiger partial charge in [-0.2, -0.15) is 0 Å². The first-order valence-corrected chi connectivity index (χ1v) is 7.03. The smallest absolute Gasteiger partial charge is 0.140 e. The molecule has 100 valence electrons. The summed E-state index contributed by atoms with van der Waals surface area (Å²) in [6.07, 6.45) is 7.65. The third kappa shape index (κ3) is 3.62. The number of hydrogen-bond acceptors (Lipinski definition) is 3. The third-order valence-corrected chi connectivity index (χ3v) is 3.53. The first-order chi connectivity index (χ1) is 8.67. The summed E-state index contributed by atoms with van der Waals surface area (Å²) < 4.78 is 6.08. The molecule has 1 aromatic heterocycles. The van der Waals surface area contributed by atoms with Crippen molar-refractivity contribution < 1.29 is 4.74 Å². The lowest BCUT2D eigenvalue weighted by Crippen LogP contribution is -2.28. The number of pyridine rings is 1. The Labute approximate surface area is 110 Å². The van der Waals surface area contributed by atoms with E-state index < -0.39 is 0 Å². The molecule has 0 radical (unpaired) electrons. The van der Waals surface area contributed by atoms with Crippen LogP contribution in [0, 0.1) is 11.8 Å². The summed E-state index contributed by atoms with van der Waals surface area (Å²) >= 11 is 0. The van der Waals surface area contributed by atoms with Crippen LogP contribution in [0.3, 0.4) is 0 Å². The van der Waals surface area contributed by atoms with E-state index in [1.807, 2.05) is 18.5 Å². The van der Waals surface area contributed by atoms with Crippen LogP contribution in [0.5, 0.6) is 5.75 Å². The lowest BCUT2D eigenvalue weighted by molar-refractivity contribution is 0.101. The molecule has 2 unspecified atom stereocenters. The van der Waals surface area contributed by atoms with Crippen molar-refractivity contribution in [2.24, 2.45) is 11.8 Å². The molecule has 1 aromatic rings. The molecule has 0 aliphatic heterocycles. The molecule has 18 heavy (non-hydrogen) atoms. The van der Waals surface area contributed by atoms with Crippen LogP contribution >= 0.6 is 0 Å². The van der Waals surface area contributed by atoms with Crippen LogP contribution in [0.15, 0.2) is 18.5 Å². The highest BCUT2D eigenvalue weighted by Gasteiger charge is 2.25. The third-order valence-electron chi connectivity index (χ3n) is 3.53. The molecule has 0 aromatic carbocycles. The number of rotatable bonds is 4. The number of ether oxygens (including phenoxy) is 1. The second-order valence-electron chi connectivity index (χ2n) is 5.60.